The van der Waals surface area contributed by atoms with Gasteiger partial charge in [-0.2, -0.15) is 0 Å². The minimum absolute atomic E-state index is 0.0390. The van der Waals surface area contributed by atoms with Crippen molar-refractivity contribution >= 4 is 33.0 Å². The molecular weight excluding hydrogens is 280 g/mol. The number of halogens is 1. The van der Waals surface area contributed by atoms with Crippen LogP contribution in [-0.2, 0) is 10.0 Å². The van der Waals surface area contributed by atoms with Crippen LogP contribution in [0.15, 0.2) is 16.3 Å². The van der Waals surface area contributed by atoms with Crippen LogP contribution in [0.5, 0.6) is 0 Å². The van der Waals surface area contributed by atoms with E-state index < -0.39 is 10.0 Å². The van der Waals surface area contributed by atoms with Gasteiger partial charge < -0.3 is 4.90 Å². The van der Waals surface area contributed by atoms with Crippen LogP contribution in [0.4, 0.5) is 0 Å². The molecule has 1 aliphatic rings. The van der Waals surface area contributed by atoms with Crippen LogP contribution >= 0.6 is 22.9 Å². The minimum atomic E-state index is -3.39. The van der Waals surface area contributed by atoms with E-state index in [1.54, 1.807) is 12.1 Å². The van der Waals surface area contributed by atoms with Crippen LogP contribution in [0.25, 0.3) is 0 Å². The Morgan fingerprint density at radius 1 is 1.41 bits per heavy atom. The Balaban J connectivity index is 2.03. The number of hydrogen-bond acceptors (Lipinski definition) is 4. The molecule has 17 heavy (non-hydrogen) atoms. The molecule has 0 aromatic carbocycles. The van der Waals surface area contributed by atoms with Gasteiger partial charge in [-0.25, -0.2) is 13.1 Å². The Hall–Kier alpha value is -0.140. The third-order valence-electron chi connectivity index (χ3n) is 2.85. The Kier molecular flexibility index (Phi) is 4.10. The van der Waals surface area contributed by atoms with E-state index >= 15 is 0 Å². The Labute approximate surface area is 111 Å². The van der Waals surface area contributed by atoms with Crippen molar-refractivity contribution in [3.8, 4) is 0 Å². The molecule has 1 aliphatic heterocycles. The van der Waals surface area contributed by atoms with Gasteiger partial charge in [-0.05, 0) is 45.1 Å². The van der Waals surface area contributed by atoms with E-state index in [1.165, 1.54) is 0 Å². The van der Waals surface area contributed by atoms with Crippen molar-refractivity contribution in [1.29, 1.82) is 0 Å². The molecule has 1 N–H and O–H groups in total. The van der Waals surface area contributed by atoms with E-state index in [0.717, 1.165) is 37.3 Å². The second-order valence-corrected chi connectivity index (χ2v) is 7.91. The van der Waals surface area contributed by atoms with Crippen molar-refractivity contribution in [1.82, 2.24) is 9.62 Å². The molecular formula is C10H15ClN2O2S2. The zero-order chi connectivity index (χ0) is 12.5. The quantitative estimate of drug-likeness (QED) is 0.924. The number of hydrogen-bond donors (Lipinski definition) is 1. The summed E-state index contributed by atoms with van der Waals surface area (Å²) in [5, 5.41) is 0. The van der Waals surface area contributed by atoms with E-state index in [-0.39, 0.29) is 6.04 Å². The molecule has 0 spiro atoms. The van der Waals surface area contributed by atoms with Crippen LogP contribution in [0, 0.1) is 0 Å². The lowest BCUT2D eigenvalue weighted by Crippen LogP contribution is -2.43. The second-order valence-electron chi connectivity index (χ2n) is 4.26. The molecule has 0 radical (unpaired) electrons. The summed E-state index contributed by atoms with van der Waals surface area (Å²) >= 11 is 6.84. The van der Waals surface area contributed by atoms with E-state index in [1.807, 2.05) is 7.05 Å². The average Bonchev–Trinajstić information content (AvgIpc) is 2.69. The average molecular weight is 295 g/mol. The number of nitrogens with one attached hydrogen (secondary N) is 1. The van der Waals surface area contributed by atoms with Gasteiger partial charge in [-0.1, -0.05) is 11.6 Å². The van der Waals surface area contributed by atoms with Gasteiger partial charge in [-0.15, -0.1) is 11.3 Å². The first-order valence-electron chi connectivity index (χ1n) is 5.43. The van der Waals surface area contributed by atoms with Gasteiger partial charge in [0.2, 0.25) is 10.0 Å². The molecule has 2 rings (SSSR count). The molecule has 0 aliphatic carbocycles. The van der Waals surface area contributed by atoms with Crippen molar-refractivity contribution in [2.45, 2.75) is 23.1 Å². The summed E-state index contributed by atoms with van der Waals surface area (Å²) in [5.41, 5.74) is 0. The molecule has 0 atom stereocenters. The third-order valence-corrected chi connectivity index (χ3v) is 6.10. The van der Waals surface area contributed by atoms with Crippen molar-refractivity contribution in [2.75, 3.05) is 20.1 Å². The first-order chi connectivity index (χ1) is 7.97. The van der Waals surface area contributed by atoms with Gasteiger partial charge in [-0.3, -0.25) is 0 Å². The summed E-state index contributed by atoms with van der Waals surface area (Å²) in [6, 6.07) is 3.19. The van der Waals surface area contributed by atoms with Crippen molar-refractivity contribution in [3.05, 3.63) is 16.5 Å². The second kappa shape index (κ2) is 5.24. The Morgan fingerprint density at radius 2 is 2.06 bits per heavy atom. The van der Waals surface area contributed by atoms with E-state index in [2.05, 4.69) is 9.62 Å². The van der Waals surface area contributed by atoms with E-state index in [9.17, 15) is 8.42 Å². The highest BCUT2D eigenvalue weighted by molar-refractivity contribution is 7.91. The Bertz CT molecular complexity index is 478. The SMILES string of the molecule is CN1CCC(NS(=O)(=O)c2ccc(Cl)s2)CC1. The zero-order valence-electron chi connectivity index (χ0n) is 9.52. The highest BCUT2D eigenvalue weighted by Crippen LogP contribution is 2.26. The van der Waals surface area contributed by atoms with Gasteiger partial charge in [0.05, 0.1) is 4.34 Å². The largest absolute Gasteiger partial charge is 0.306 e. The third kappa shape index (κ3) is 3.42. The topological polar surface area (TPSA) is 49.4 Å². The Morgan fingerprint density at radius 3 is 2.59 bits per heavy atom. The summed E-state index contributed by atoms with van der Waals surface area (Å²) in [6.07, 6.45) is 1.71. The normalized spacial score (nSPS) is 19.6. The lowest BCUT2D eigenvalue weighted by molar-refractivity contribution is 0.248. The summed E-state index contributed by atoms with van der Waals surface area (Å²) < 4.78 is 27.6. The fourth-order valence-corrected chi connectivity index (χ4v) is 4.65. The lowest BCUT2D eigenvalue weighted by Gasteiger charge is -2.29. The summed E-state index contributed by atoms with van der Waals surface area (Å²) in [4.78, 5) is 2.20. The fourth-order valence-electron chi connectivity index (χ4n) is 1.85. The molecule has 1 fully saturated rings. The first-order valence-corrected chi connectivity index (χ1v) is 8.11. The van der Waals surface area contributed by atoms with Crippen LogP contribution in [-0.4, -0.2) is 39.5 Å². The van der Waals surface area contributed by atoms with Crippen molar-refractivity contribution in [3.63, 3.8) is 0 Å². The van der Waals surface area contributed by atoms with Crippen LogP contribution < -0.4 is 4.72 Å². The van der Waals surface area contributed by atoms with Gasteiger partial charge in [0, 0.05) is 6.04 Å². The molecule has 0 bridgehead atoms. The van der Waals surface area contributed by atoms with Gasteiger partial charge in [0.1, 0.15) is 4.21 Å². The van der Waals surface area contributed by atoms with E-state index in [0.29, 0.717) is 8.55 Å². The molecule has 1 saturated heterocycles. The molecule has 0 saturated carbocycles. The monoisotopic (exact) mass is 294 g/mol. The predicted octanol–water partition coefficient (Wildman–Crippen LogP) is 1.77. The van der Waals surface area contributed by atoms with Crippen molar-refractivity contribution < 1.29 is 8.42 Å². The molecule has 4 nitrogen and oxygen atoms in total. The van der Waals surface area contributed by atoms with Crippen LogP contribution in [0.1, 0.15) is 12.8 Å². The summed E-state index contributed by atoms with van der Waals surface area (Å²) in [6.45, 7) is 1.86. The number of piperidine rings is 1. The molecule has 7 heteroatoms. The molecule has 0 unspecified atom stereocenters. The van der Waals surface area contributed by atoms with Crippen LogP contribution in [0.2, 0.25) is 4.34 Å². The maximum absolute atomic E-state index is 12.0. The fraction of sp³-hybridized carbons (Fsp3) is 0.600. The van der Waals surface area contributed by atoms with Gasteiger partial charge in [0.15, 0.2) is 0 Å². The zero-order valence-corrected chi connectivity index (χ0v) is 11.9. The minimum Gasteiger partial charge on any atom is -0.306 e. The first kappa shape index (κ1) is 13.3. The molecule has 0 amide bonds. The number of rotatable bonds is 3. The maximum Gasteiger partial charge on any atom is 0.250 e. The molecule has 1 aromatic heterocycles. The standard InChI is InChI=1S/C10H15ClN2O2S2/c1-13-6-4-8(5-7-13)12-17(14,15)10-3-2-9(11)16-10/h2-3,8,12H,4-7H2,1H3. The number of thiophene rings is 1. The van der Waals surface area contributed by atoms with Crippen LogP contribution in [0.3, 0.4) is 0 Å². The van der Waals surface area contributed by atoms with E-state index in [4.69, 9.17) is 11.6 Å². The summed E-state index contributed by atoms with van der Waals surface area (Å²) in [7, 11) is -1.35. The molecule has 1 aromatic rings. The number of sulfonamides is 1. The predicted molar refractivity (Wildman–Crippen MR) is 70.2 cm³/mol. The smallest absolute Gasteiger partial charge is 0.250 e. The number of nitrogens with zero attached hydrogens (tertiary/aromatic N) is 1. The maximum atomic E-state index is 12.0. The molecule has 96 valence electrons. The lowest BCUT2D eigenvalue weighted by atomic mass is 10.1. The van der Waals surface area contributed by atoms with Crippen molar-refractivity contribution in [2.24, 2.45) is 0 Å². The highest BCUT2D eigenvalue weighted by Gasteiger charge is 2.24. The number of likely N-dealkylation sites (tertiary alicyclic amines) is 1. The summed E-state index contributed by atoms with van der Waals surface area (Å²) in [5.74, 6) is 0. The van der Waals surface area contributed by atoms with Gasteiger partial charge >= 0.3 is 0 Å². The van der Waals surface area contributed by atoms with Gasteiger partial charge in [0.25, 0.3) is 0 Å². The highest BCUT2D eigenvalue weighted by atomic mass is 35.5. The molecule has 2 heterocycles.